The van der Waals surface area contributed by atoms with Crippen molar-refractivity contribution in [1.29, 1.82) is 0 Å². The van der Waals surface area contributed by atoms with Crippen LogP contribution in [0, 0.1) is 13.8 Å². The van der Waals surface area contributed by atoms with E-state index in [9.17, 15) is 9.90 Å². The molecule has 1 amide bonds. The summed E-state index contributed by atoms with van der Waals surface area (Å²) < 4.78 is 0.958. The predicted octanol–water partition coefficient (Wildman–Crippen LogP) is 3.95. The summed E-state index contributed by atoms with van der Waals surface area (Å²) in [4.78, 5) is 12.1. The Bertz CT molecular complexity index is 653. The van der Waals surface area contributed by atoms with Gasteiger partial charge in [0.15, 0.2) is 0 Å². The van der Waals surface area contributed by atoms with Crippen molar-refractivity contribution in [1.82, 2.24) is 0 Å². The van der Waals surface area contributed by atoms with Crippen molar-refractivity contribution < 1.29 is 9.90 Å². The molecule has 0 unspecified atom stereocenters. The van der Waals surface area contributed by atoms with Gasteiger partial charge >= 0.3 is 0 Å². The second kappa shape index (κ2) is 6.09. The van der Waals surface area contributed by atoms with E-state index in [1.54, 1.807) is 19.1 Å². The molecule has 2 rings (SSSR count). The van der Waals surface area contributed by atoms with Crippen molar-refractivity contribution in [2.24, 2.45) is 0 Å². The Labute approximate surface area is 126 Å². The van der Waals surface area contributed by atoms with Crippen molar-refractivity contribution in [3.8, 4) is 5.75 Å². The lowest BCUT2D eigenvalue weighted by Crippen LogP contribution is -2.15. The summed E-state index contributed by atoms with van der Waals surface area (Å²) in [6.07, 6.45) is 0.318. The van der Waals surface area contributed by atoms with Gasteiger partial charge in [-0.2, -0.15) is 0 Å². The fourth-order valence-electron chi connectivity index (χ4n) is 1.96. The van der Waals surface area contributed by atoms with Crippen molar-refractivity contribution in [3.63, 3.8) is 0 Å². The fraction of sp³-hybridized carbons (Fsp3) is 0.188. The number of carbonyl (C=O) groups excluding carboxylic acids is 1. The highest BCUT2D eigenvalue weighted by atomic mass is 79.9. The van der Waals surface area contributed by atoms with Gasteiger partial charge in [0.2, 0.25) is 5.91 Å². The van der Waals surface area contributed by atoms with Crippen LogP contribution in [0.3, 0.4) is 0 Å². The molecular formula is C16H16BrNO2. The van der Waals surface area contributed by atoms with Gasteiger partial charge in [0.25, 0.3) is 0 Å². The largest absolute Gasteiger partial charge is 0.508 e. The molecule has 2 aromatic carbocycles. The first-order valence-corrected chi connectivity index (χ1v) is 7.09. The van der Waals surface area contributed by atoms with Crippen LogP contribution in [-0.2, 0) is 11.2 Å². The van der Waals surface area contributed by atoms with E-state index in [4.69, 9.17) is 0 Å². The van der Waals surface area contributed by atoms with E-state index in [-0.39, 0.29) is 11.7 Å². The highest BCUT2D eigenvalue weighted by molar-refractivity contribution is 9.10. The summed E-state index contributed by atoms with van der Waals surface area (Å²) in [5, 5.41) is 12.5. The third-order valence-electron chi connectivity index (χ3n) is 3.07. The predicted molar refractivity (Wildman–Crippen MR) is 84.1 cm³/mol. The summed E-state index contributed by atoms with van der Waals surface area (Å²) in [7, 11) is 0. The summed E-state index contributed by atoms with van der Waals surface area (Å²) in [5.41, 5.74) is 3.27. The van der Waals surface area contributed by atoms with E-state index in [2.05, 4.69) is 21.2 Å². The average Bonchev–Trinajstić information content (AvgIpc) is 2.36. The van der Waals surface area contributed by atoms with Crippen LogP contribution in [0.5, 0.6) is 5.75 Å². The van der Waals surface area contributed by atoms with Gasteiger partial charge in [-0.3, -0.25) is 4.79 Å². The summed E-state index contributed by atoms with van der Waals surface area (Å²) in [6.45, 7) is 3.66. The number of anilines is 1. The van der Waals surface area contributed by atoms with E-state index in [1.807, 2.05) is 31.2 Å². The Morgan fingerprint density at radius 3 is 2.65 bits per heavy atom. The summed E-state index contributed by atoms with van der Waals surface area (Å²) in [5.74, 6) is 0.170. The van der Waals surface area contributed by atoms with E-state index < -0.39 is 0 Å². The first kappa shape index (κ1) is 14.6. The molecule has 0 heterocycles. The molecule has 0 atom stereocenters. The van der Waals surface area contributed by atoms with Crippen LogP contribution in [0.15, 0.2) is 40.9 Å². The van der Waals surface area contributed by atoms with Crippen LogP contribution < -0.4 is 5.32 Å². The van der Waals surface area contributed by atoms with E-state index in [0.29, 0.717) is 6.42 Å². The zero-order valence-electron chi connectivity index (χ0n) is 11.4. The molecule has 0 aromatic heterocycles. The first-order valence-electron chi connectivity index (χ1n) is 6.30. The van der Waals surface area contributed by atoms with Crippen molar-refractivity contribution in [2.45, 2.75) is 20.3 Å². The molecule has 0 aliphatic heterocycles. The molecule has 20 heavy (non-hydrogen) atoms. The number of amides is 1. The number of hydrogen-bond acceptors (Lipinski definition) is 2. The smallest absolute Gasteiger partial charge is 0.228 e. The Hall–Kier alpha value is -1.81. The Morgan fingerprint density at radius 1 is 1.20 bits per heavy atom. The van der Waals surface area contributed by atoms with E-state index >= 15 is 0 Å². The second-order valence-corrected chi connectivity index (χ2v) is 5.72. The lowest BCUT2D eigenvalue weighted by molar-refractivity contribution is -0.115. The average molecular weight is 334 g/mol. The van der Waals surface area contributed by atoms with Gasteiger partial charge in [0.05, 0.1) is 6.42 Å². The van der Waals surface area contributed by atoms with Gasteiger partial charge in [-0.1, -0.05) is 28.1 Å². The minimum absolute atomic E-state index is 0.0729. The SMILES string of the molecule is Cc1cc(NC(=O)Cc2cccc(Br)c2)c(C)cc1O. The summed E-state index contributed by atoms with van der Waals surface area (Å²) >= 11 is 3.39. The highest BCUT2D eigenvalue weighted by Crippen LogP contribution is 2.25. The lowest BCUT2D eigenvalue weighted by atomic mass is 10.1. The van der Waals surface area contributed by atoms with Crippen LogP contribution >= 0.6 is 15.9 Å². The lowest BCUT2D eigenvalue weighted by Gasteiger charge is -2.11. The number of halogens is 1. The van der Waals surface area contributed by atoms with Crippen LogP contribution in [0.2, 0.25) is 0 Å². The molecule has 3 nitrogen and oxygen atoms in total. The van der Waals surface area contributed by atoms with E-state index in [1.165, 1.54) is 0 Å². The van der Waals surface area contributed by atoms with Crippen molar-refractivity contribution in [3.05, 3.63) is 57.6 Å². The molecule has 0 saturated carbocycles. The van der Waals surface area contributed by atoms with Gasteiger partial charge in [-0.25, -0.2) is 0 Å². The van der Waals surface area contributed by atoms with Crippen LogP contribution in [0.1, 0.15) is 16.7 Å². The monoisotopic (exact) mass is 333 g/mol. The van der Waals surface area contributed by atoms with Gasteiger partial charge in [0, 0.05) is 10.2 Å². The molecule has 0 radical (unpaired) electrons. The number of benzene rings is 2. The first-order chi connectivity index (χ1) is 9.45. The third-order valence-corrected chi connectivity index (χ3v) is 3.56. The molecule has 2 aromatic rings. The molecule has 104 valence electrons. The van der Waals surface area contributed by atoms with Crippen LogP contribution in [-0.4, -0.2) is 11.0 Å². The van der Waals surface area contributed by atoms with Gasteiger partial charge in [0.1, 0.15) is 5.75 Å². The zero-order chi connectivity index (χ0) is 14.7. The third kappa shape index (κ3) is 3.61. The maximum atomic E-state index is 12.1. The van der Waals surface area contributed by atoms with Crippen LogP contribution in [0.25, 0.3) is 0 Å². The normalized spacial score (nSPS) is 10.3. The molecule has 2 N–H and O–H groups in total. The topological polar surface area (TPSA) is 49.3 Å². The Morgan fingerprint density at radius 2 is 1.95 bits per heavy atom. The Balaban J connectivity index is 2.10. The number of hydrogen-bond donors (Lipinski definition) is 2. The summed E-state index contributed by atoms with van der Waals surface area (Å²) in [6, 6.07) is 11.1. The molecule has 0 fully saturated rings. The molecule has 4 heteroatoms. The number of phenolic OH excluding ortho intramolecular Hbond substituents is 1. The minimum Gasteiger partial charge on any atom is -0.508 e. The maximum absolute atomic E-state index is 12.1. The number of rotatable bonds is 3. The molecule has 0 spiro atoms. The zero-order valence-corrected chi connectivity index (χ0v) is 13.0. The van der Waals surface area contributed by atoms with Gasteiger partial charge in [-0.05, 0) is 54.8 Å². The number of aromatic hydroxyl groups is 1. The number of carbonyl (C=O) groups is 1. The van der Waals surface area contributed by atoms with E-state index in [0.717, 1.165) is 26.9 Å². The molecule has 0 saturated heterocycles. The fourth-order valence-corrected chi connectivity index (χ4v) is 2.41. The quantitative estimate of drug-likeness (QED) is 0.835. The Kier molecular flexibility index (Phi) is 4.45. The second-order valence-electron chi connectivity index (χ2n) is 4.81. The maximum Gasteiger partial charge on any atom is 0.228 e. The minimum atomic E-state index is -0.0729. The van der Waals surface area contributed by atoms with Gasteiger partial charge in [-0.15, -0.1) is 0 Å². The number of phenols is 1. The van der Waals surface area contributed by atoms with Crippen molar-refractivity contribution in [2.75, 3.05) is 5.32 Å². The molecule has 0 aliphatic rings. The number of nitrogens with one attached hydrogen (secondary N) is 1. The standard InChI is InChI=1S/C16H16BrNO2/c1-10-7-15(19)11(2)6-14(10)18-16(20)9-12-4-3-5-13(17)8-12/h3-8,19H,9H2,1-2H3,(H,18,20). The molecular weight excluding hydrogens is 318 g/mol. The van der Waals surface area contributed by atoms with Crippen LogP contribution in [0.4, 0.5) is 5.69 Å². The number of aryl methyl sites for hydroxylation is 2. The molecule has 0 bridgehead atoms. The molecule has 0 aliphatic carbocycles. The highest BCUT2D eigenvalue weighted by Gasteiger charge is 2.08. The van der Waals surface area contributed by atoms with Crippen molar-refractivity contribution >= 4 is 27.5 Å². The van der Waals surface area contributed by atoms with Gasteiger partial charge < -0.3 is 10.4 Å².